The number of carbonyl (C=O) groups excluding carboxylic acids is 2. The topological polar surface area (TPSA) is 85.8 Å². The molecule has 1 saturated heterocycles. The van der Waals surface area contributed by atoms with E-state index < -0.39 is 0 Å². The first-order chi connectivity index (χ1) is 12.8. The van der Waals surface area contributed by atoms with E-state index in [4.69, 9.17) is 14.9 Å². The summed E-state index contributed by atoms with van der Waals surface area (Å²) in [6, 6.07) is 3.88. The van der Waals surface area contributed by atoms with Gasteiger partial charge in [-0.05, 0) is 50.8 Å². The van der Waals surface area contributed by atoms with Crippen LogP contribution in [0.15, 0.2) is 22.6 Å². The van der Waals surface area contributed by atoms with Gasteiger partial charge in [-0.25, -0.2) is 0 Å². The molecule has 6 heteroatoms. The van der Waals surface area contributed by atoms with Crippen LogP contribution in [0, 0.1) is 19.8 Å². The molecule has 0 atom stereocenters. The zero-order chi connectivity index (χ0) is 19.7. The van der Waals surface area contributed by atoms with Gasteiger partial charge in [0, 0.05) is 42.1 Å². The molecule has 2 amide bonds. The summed E-state index contributed by atoms with van der Waals surface area (Å²) in [6.45, 7) is 6.95. The highest BCUT2D eigenvalue weighted by molar-refractivity contribution is 5.97. The van der Waals surface area contributed by atoms with Crippen molar-refractivity contribution in [3.63, 3.8) is 0 Å². The lowest BCUT2D eigenvalue weighted by Gasteiger charge is -2.30. The number of ether oxygens (including phenoxy) is 1. The summed E-state index contributed by atoms with van der Waals surface area (Å²) in [4.78, 5) is 25.7. The number of piperidine rings is 1. The van der Waals surface area contributed by atoms with Gasteiger partial charge in [0.05, 0.1) is 7.11 Å². The molecule has 144 valence electrons. The van der Waals surface area contributed by atoms with Gasteiger partial charge in [0.25, 0.3) is 0 Å². The Balaban J connectivity index is 1.86. The fourth-order valence-electron chi connectivity index (χ4n) is 3.59. The Kier molecular flexibility index (Phi) is 5.26. The van der Waals surface area contributed by atoms with E-state index in [1.165, 1.54) is 0 Å². The van der Waals surface area contributed by atoms with E-state index in [1.54, 1.807) is 18.1 Å². The number of benzene rings is 1. The first-order valence-electron chi connectivity index (χ1n) is 9.16. The summed E-state index contributed by atoms with van der Waals surface area (Å²) in [5.41, 5.74) is 8.92. The maximum absolute atomic E-state index is 12.7. The third kappa shape index (κ3) is 3.70. The number of nitrogens with two attached hydrogens (primary N) is 1. The Bertz CT molecular complexity index is 918. The molecule has 2 N–H and O–H groups in total. The smallest absolute Gasteiger partial charge is 0.246 e. The number of aryl methyl sites for hydroxylation is 2. The van der Waals surface area contributed by atoms with E-state index in [1.807, 2.05) is 32.9 Å². The number of furan rings is 1. The highest BCUT2D eigenvalue weighted by atomic mass is 16.5. The van der Waals surface area contributed by atoms with Crippen molar-refractivity contribution in [1.29, 1.82) is 0 Å². The molecule has 0 saturated carbocycles. The van der Waals surface area contributed by atoms with Crippen LogP contribution in [0.3, 0.4) is 0 Å². The number of allylic oxidation sites excluding steroid dienone is 1. The van der Waals surface area contributed by atoms with Crippen LogP contribution in [0.4, 0.5) is 0 Å². The minimum absolute atomic E-state index is 0.0577. The second-order valence-electron chi connectivity index (χ2n) is 7.16. The van der Waals surface area contributed by atoms with Crippen LogP contribution in [-0.2, 0) is 9.59 Å². The predicted octanol–water partition coefficient (Wildman–Crippen LogP) is 3.19. The number of primary amides is 1. The van der Waals surface area contributed by atoms with Crippen molar-refractivity contribution < 1.29 is 18.7 Å². The quantitative estimate of drug-likeness (QED) is 0.838. The van der Waals surface area contributed by atoms with Gasteiger partial charge >= 0.3 is 0 Å². The Morgan fingerprint density at radius 1 is 1.26 bits per heavy atom. The minimum Gasteiger partial charge on any atom is -0.496 e. The molecule has 0 radical (unpaired) electrons. The summed E-state index contributed by atoms with van der Waals surface area (Å²) in [7, 11) is 1.61. The molecule has 3 rings (SSSR count). The number of amides is 2. The number of likely N-dealkylation sites (tertiary alicyclic amines) is 1. The second-order valence-corrected chi connectivity index (χ2v) is 7.16. The zero-order valence-electron chi connectivity index (χ0n) is 16.3. The lowest BCUT2D eigenvalue weighted by molar-refractivity contribution is -0.130. The molecular formula is C21H26N2O4. The van der Waals surface area contributed by atoms with Crippen LogP contribution < -0.4 is 10.5 Å². The van der Waals surface area contributed by atoms with Crippen molar-refractivity contribution in [2.24, 2.45) is 11.7 Å². The summed E-state index contributed by atoms with van der Waals surface area (Å²) in [5, 5.41) is 1.02. The van der Waals surface area contributed by atoms with Crippen molar-refractivity contribution in [3.8, 4) is 5.75 Å². The fraction of sp³-hybridized carbons (Fsp3) is 0.429. The maximum Gasteiger partial charge on any atom is 0.246 e. The number of fused-ring (bicyclic) bond motifs is 1. The van der Waals surface area contributed by atoms with Gasteiger partial charge in [-0.15, -0.1) is 0 Å². The van der Waals surface area contributed by atoms with Gasteiger partial charge in [-0.2, -0.15) is 0 Å². The second kappa shape index (κ2) is 7.47. The van der Waals surface area contributed by atoms with Crippen LogP contribution in [0.1, 0.15) is 36.7 Å². The summed E-state index contributed by atoms with van der Waals surface area (Å²) < 4.78 is 11.3. The van der Waals surface area contributed by atoms with Gasteiger partial charge in [-0.1, -0.05) is 0 Å². The normalized spacial score (nSPS) is 16.0. The summed E-state index contributed by atoms with van der Waals surface area (Å²) in [5.74, 6) is 1.08. The summed E-state index contributed by atoms with van der Waals surface area (Å²) in [6.07, 6.45) is 2.88. The number of hydrogen-bond donors (Lipinski definition) is 1. The molecule has 1 aliphatic heterocycles. The van der Waals surface area contributed by atoms with Gasteiger partial charge in [-0.3, -0.25) is 9.59 Å². The van der Waals surface area contributed by atoms with Gasteiger partial charge < -0.3 is 19.8 Å². The molecule has 1 aromatic heterocycles. The number of carbonyl (C=O) groups is 2. The molecule has 2 heterocycles. The van der Waals surface area contributed by atoms with E-state index in [0.717, 1.165) is 33.4 Å². The first kappa shape index (κ1) is 19.0. The average Bonchev–Trinajstić information content (AvgIpc) is 2.93. The molecule has 1 aliphatic rings. The zero-order valence-corrected chi connectivity index (χ0v) is 16.3. The van der Waals surface area contributed by atoms with Gasteiger partial charge in [0.2, 0.25) is 11.8 Å². The number of rotatable bonds is 4. The van der Waals surface area contributed by atoms with Crippen LogP contribution in [-0.4, -0.2) is 36.9 Å². The van der Waals surface area contributed by atoms with Crippen molar-refractivity contribution >= 4 is 28.4 Å². The Labute approximate surface area is 158 Å². The van der Waals surface area contributed by atoms with Crippen LogP contribution in [0.2, 0.25) is 0 Å². The maximum atomic E-state index is 12.7. The van der Waals surface area contributed by atoms with Crippen LogP contribution >= 0.6 is 0 Å². The highest BCUT2D eigenvalue weighted by Gasteiger charge is 2.25. The molecule has 1 fully saturated rings. The largest absolute Gasteiger partial charge is 0.496 e. The molecule has 2 aromatic rings. The summed E-state index contributed by atoms with van der Waals surface area (Å²) >= 11 is 0. The van der Waals surface area contributed by atoms with Crippen molar-refractivity contribution in [1.82, 2.24) is 4.90 Å². The number of nitrogens with zero attached hydrogens (tertiary/aromatic N) is 1. The minimum atomic E-state index is -0.280. The standard InChI is InChI=1S/C21H26N2O4/c1-12(9-20(24)23-7-5-15(6-8-23)21(22)25)16-10-17-13(2)14(3)27-19(17)11-18(16)26-4/h9-11,15H,5-8H2,1-4H3,(H2,22,25)/b12-9+. The van der Waals surface area contributed by atoms with Crippen molar-refractivity contribution in [3.05, 3.63) is 35.1 Å². The molecule has 0 bridgehead atoms. The number of hydrogen-bond acceptors (Lipinski definition) is 4. The molecule has 1 aromatic carbocycles. The first-order valence-corrected chi connectivity index (χ1v) is 9.16. The predicted molar refractivity (Wildman–Crippen MR) is 104 cm³/mol. The Morgan fingerprint density at radius 2 is 1.93 bits per heavy atom. The van der Waals surface area contributed by atoms with Crippen LogP contribution in [0.25, 0.3) is 16.5 Å². The van der Waals surface area contributed by atoms with Crippen LogP contribution in [0.5, 0.6) is 5.75 Å². The number of methoxy groups -OCH3 is 1. The molecule has 0 aliphatic carbocycles. The van der Waals surface area contributed by atoms with Crippen molar-refractivity contribution in [2.75, 3.05) is 20.2 Å². The van der Waals surface area contributed by atoms with E-state index in [-0.39, 0.29) is 17.7 Å². The SMILES string of the molecule is COc1cc2oc(C)c(C)c2cc1/C(C)=C/C(=O)N1CCC(C(N)=O)CC1. The third-order valence-corrected chi connectivity index (χ3v) is 5.47. The molecule has 0 unspecified atom stereocenters. The van der Waals surface area contributed by atoms with E-state index in [2.05, 4.69) is 0 Å². The molecule has 6 nitrogen and oxygen atoms in total. The van der Waals surface area contributed by atoms with Gasteiger partial charge in [0.15, 0.2) is 0 Å². The van der Waals surface area contributed by atoms with E-state index in [9.17, 15) is 9.59 Å². The third-order valence-electron chi connectivity index (χ3n) is 5.47. The van der Waals surface area contributed by atoms with Crippen molar-refractivity contribution in [2.45, 2.75) is 33.6 Å². The Hall–Kier alpha value is -2.76. The van der Waals surface area contributed by atoms with E-state index in [0.29, 0.717) is 31.7 Å². The lowest BCUT2D eigenvalue weighted by atomic mass is 9.96. The molecule has 0 spiro atoms. The van der Waals surface area contributed by atoms with Gasteiger partial charge in [0.1, 0.15) is 17.1 Å². The molecular weight excluding hydrogens is 344 g/mol. The van der Waals surface area contributed by atoms with E-state index >= 15 is 0 Å². The highest BCUT2D eigenvalue weighted by Crippen LogP contribution is 2.35. The monoisotopic (exact) mass is 370 g/mol. The fourth-order valence-corrected chi connectivity index (χ4v) is 3.59. The molecule has 27 heavy (non-hydrogen) atoms. The Morgan fingerprint density at radius 3 is 2.52 bits per heavy atom. The average molecular weight is 370 g/mol. The lowest BCUT2D eigenvalue weighted by Crippen LogP contribution is -2.41.